The molecule has 0 aliphatic carbocycles. The van der Waals surface area contributed by atoms with Crippen LogP contribution in [0.4, 0.5) is 5.82 Å². The second kappa shape index (κ2) is 6.41. The maximum atomic E-state index is 9.49. The Balaban J connectivity index is 1.48. The van der Waals surface area contributed by atoms with Gasteiger partial charge in [-0.1, -0.05) is 0 Å². The Morgan fingerprint density at radius 3 is 2.86 bits per heavy atom. The zero-order valence-corrected chi connectivity index (χ0v) is 12.3. The molecule has 3 heterocycles. The van der Waals surface area contributed by atoms with E-state index in [0.29, 0.717) is 5.82 Å². The molecule has 0 radical (unpaired) electrons. The largest absolute Gasteiger partial charge is 0.393 e. The number of piperidine rings is 1. The van der Waals surface area contributed by atoms with Crippen LogP contribution < -0.4 is 5.73 Å². The van der Waals surface area contributed by atoms with Crippen molar-refractivity contribution < 1.29 is 5.11 Å². The fourth-order valence-electron chi connectivity index (χ4n) is 2.98. The van der Waals surface area contributed by atoms with Gasteiger partial charge in [-0.2, -0.15) is 5.10 Å². The lowest BCUT2D eigenvalue weighted by Gasteiger charge is -2.29. The van der Waals surface area contributed by atoms with E-state index in [9.17, 15) is 5.11 Å². The number of hydrogen-bond acceptors (Lipinski definition) is 5. The van der Waals surface area contributed by atoms with Gasteiger partial charge in [-0.3, -0.25) is 0 Å². The number of aromatic nitrogens is 3. The Kier molecular flexibility index (Phi) is 4.36. The van der Waals surface area contributed by atoms with Crippen LogP contribution in [0.15, 0.2) is 18.5 Å². The number of aliphatic hydroxyl groups is 1. The van der Waals surface area contributed by atoms with E-state index in [1.165, 1.54) is 18.4 Å². The first-order valence-electron chi connectivity index (χ1n) is 7.71. The van der Waals surface area contributed by atoms with Gasteiger partial charge >= 0.3 is 0 Å². The predicted octanol–water partition coefficient (Wildman–Crippen LogP) is 1.09. The Morgan fingerprint density at radius 1 is 1.24 bits per heavy atom. The monoisotopic (exact) mass is 289 g/mol. The van der Waals surface area contributed by atoms with Crippen molar-refractivity contribution >= 4 is 11.3 Å². The molecule has 1 fully saturated rings. The van der Waals surface area contributed by atoms with Crippen LogP contribution in [0.25, 0.3) is 5.52 Å². The summed E-state index contributed by atoms with van der Waals surface area (Å²) in [5.41, 5.74) is 7.91. The third-order valence-electron chi connectivity index (χ3n) is 4.27. The van der Waals surface area contributed by atoms with Gasteiger partial charge in [0, 0.05) is 18.8 Å². The summed E-state index contributed by atoms with van der Waals surface area (Å²) in [5, 5.41) is 13.8. The first kappa shape index (κ1) is 14.3. The lowest BCUT2D eigenvalue weighted by atomic mass is 10.1. The van der Waals surface area contributed by atoms with Gasteiger partial charge in [0.15, 0.2) is 5.82 Å². The van der Waals surface area contributed by atoms with Gasteiger partial charge in [0.2, 0.25) is 0 Å². The molecular weight excluding hydrogens is 266 g/mol. The van der Waals surface area contributed by atoms with Gasteiger partial charge < -0.3 is 15.7 Å². The van der Waals surface area contributed by atoms with E-state index in [4.69, 9.17) is 5.73 Å². The first-order valence-corrected chi connectivity index (χ1v) is 7.71. The summed E-state index contributed by atoms with van der Waals surface area (Å²) in [7, 11) is 0. The molecule has 114 valence electrons. The van der Waals surface area contributed by atoms with Gasteiger partial charge in [0.25, 0.3) is 0 Å². The predicted molar refractivity (Wildman–Crippen MR) is 82.0 cm³/mol. The number of aryl methyl sites for hydroxylation is 1. The molecule has 0 aromatic carbocycles. The number of nitrogen functional groups attached to an aromatic ring is 1. The van der Waals surface area contributed by atoms with Crippen LogP contribution in [-0.2, 0) is 6.42 Å². The zero-order chi connectivity index (χ0) is 14.7. The second-order valence-corrected chi connectivity index (χ2v) is 5.80. The molecule has 1 aliphatic rings. The van der Waals surface area contributed by atoms with Crippen LogP contribution in [-0.4, -0.2) is 50.3 Å². The number of nitrogens with zero attached hydrogens (tertiary/aromatic N) is 4. The fourth-order valence-corrected chi connectivity index (χ4v) is 2.98. The first-order chi connectivity index (χ1) is 10.2. The third kappa shape index (κ3) is 3.33. The summed E-state index contributed by atoms with van der Waals surface area (Å²) >= 11 is 0. The lowest BCUT2D eigenvalue weighted by molar-refractivity contribution is 0.0818. The normalized spacial score (nSPS) is 17.6. The van der Waals surface area contributed by atoms with Crippen molar-refractivity contribution in [2.75, 3.05) is 25.4 Å². The van der Waals surface area contributed by atoms with Gasteiger partial charge in [-0.25, -0.2) is 9.50 Å². The highest BCUT2D eigenvalue weighted by Gasteiger charge is 2.16. The fraction of sp³-hybridized carbons (Fsp3) is 0.600. The molecule has 2 aromatic heterocycles. The van der Waals surface area contributed by atoms with Crippen LogP contribution in [0.3, 0.4) is 0 Å². The molecule has 3 N–H and O–H groups in total. The highest BCUT2D eigenvalue weighted by atomic mass is 16.3. The Morgan fingerprint density at radius 2 is 2.05 bits per heavy atom. The molecule has 6 nitrogen and oxygen atoms in total. The van der Waals surface area contributed by atoms with Gasteiger partial charge in [-0.15, -0.1) is 0 Å². The number of rotatable bonds is 5. The van der Waals surface area contributed by atoms with Gasteiger partial charge in [-0.05, 0) is 50.8 Å². The third-order valence-corrected chi connectivity index (χ3v) is 4.27. The summed E-state index contributed by atoms with van der Waals surface area (Å²) < 4.78 is 1.89. The van der Waals surface area contributed by atoms with E-state index in [-0.39, 0.29) is 6.10 Å². The molecule has 0 amide bonds. The minimum absolute atomic E-state index is 0.0847. The van der Waals surface area contributed by atoms with Crippen molar-refractivity contribution in [1.82, 2.24) is 19.5 Å². The van der Waals surface area contributed by atoms with Crippen molar-refractivity contribution in [2.24, 2.45) is 0 Å². The Labute approximate surface area is 124 Å². The van der Waals surface area contributed by atoms with Crippen molar-refractivity contribution in [3.8, 4) is 0 Å². The number of likely N-dealkylation sites (tertiary alicyclic amines) is 1. The molecule has 2 aromatic rings. The minimum Gasteiger partial charge on any atom is -0.393 e. The average Bonchev–Trinajstić information content (AvgIpc) is 2.90. The Bertz CT molecular complexity index is 589. The van der Waals surface area contributed by atoms with Crippen LogP contribution >= 0.6 is 0 Å². The van der Waals surface area contributed by atoms with Crippen LogP contribution in [0.5, 0.6) is 0 Å². The molecular formula is C15H23N5O. The van der Waals surface area contributed by atoms with Crippen molar-refractivity contribution in [3.63, 3.8) is 0 Å². The highest BCUT2D eigenvalue weighted by Crippen LogP contribution is 2.15. The maximum Gasteiger partial charge on any atom is 0.151 e. The van der Waals surface area contributed by atoms with Crippen LogP contribution in [0, 0.1) is 0 Å². The van der Waals surface area contributed by atoms with E-state index in [0.717, 1.165) is 50.8 Å². The van der Waals surface area contributed by atoms with Crippen LogP contribution in [0.2, 0.25) is 0 Å². The van der Waals surface area contributed by atoms with E-state index >= 15 is 0 Å². The molecule has 0 bridgehead atoms. The lowest BCUT2D eigenvalue weighted by Crippen LogP contribution is -2.36. The average molecular weight is 289 g/mol. The Hall–Kier alpha value is -1.66. The number of unbranched alkanes of at least 4 members (excludes halogenated alkanes) is 1. The molecule has 1 saturated heterocycles. The number of hydrogen-bond donors (Lipinski definition) is 2. The number of fused-ring (bicyclic) bond motifs is 1. The molecule has 0 spiro atoms. The molecule has 3 rings (SSSR count). The number of nitrogens with two attached hydrogens (primary N) is 1. The highest BCUT2D eigenvalue weighted by molar-refractivity contribution is 5.65. The summed E-state index contributed by atoms with van der Waals surface area (Å²) in [5.74, 6) is 0.531. The summed E-state index contributed by atoms with van der Waals surface area (Å²) in [6.45, 7) is 3.17. The van der Waals surface area contributed by atoms with E-state index in [1.807, 2.05) is 10.6 Å². The molecule has 0 atom stereocenters. The van der Waals surface area contributed by atoms with E-state index in [2.05, 4.69) is 21.0 Å². The van der Waals surface area contributed by atoms with Crippen molar-refractivity contribution in [2.45, 2.75) is 38.2 Å². The van der Waals surface area contributed by atoms with Gasteiger partial charge in [0.05, 0.1) is 6.10 Å². The topological polar surface area (TPSA) is 79.7 Å². The summed E-state index contributed by atoms with van der Waals surface area (Å²) in [6, 6.07) is 4.06. The zero-order valence-electron chi connectivity index (χ0n) is 12.3. The number of aliphatic hydroxyl groups excluding tert-OH is 1. The SMILES string of the molecule is Nc1ncnn2c(CCCCN3CCC(O)CC3)ccc12. The quantitative estimate of drug-likeness (QED) is 0.806. The maximum absolute atomic E-state index is 9.49. The molecule has 21 heavy (non-hydrogen) atoms. The summed E-state index contributed by atoms with van der Waals surface area (Å²) in [4.78, 5) is 6.45. The second-order valence-electron chi connectivity index (χ2n) is 5.80. The molecule has 0 saturated carbocycles. The van der Waals surface area contributed by atoms with Gasteiger partial charge in [0.1, 0.15) is 11.8 Å². The molecule has 6 heteroatoms. The number of anilines is 1. The smallest absolute Gasteiger partial charge is 0.151 e. The minimum atomic E-state index is -0.0847. The molecule has 1 aliphatic heterocycles. The summed E-state index contributed by atoms with van der Waals surface area (Å²) in [6.07, 6.45) is 6.56. The molecule has 0 unspecified atom stereocenters. The van der Waals surface area contributed by atoms with E-state index in [1.54, 1.807) is 0 Å². The van der Waals surface area contributed by atoms with E-state index < -0.39 is 0 Å². The van der Waals surface area contributed by atoms with Crippen molar-refractivity contribution in [3.05, 3.63) is 24.2 Å². The van der Waals surface area contributed by atoms with Crippen molar-refractivity contribution in [1.29, 1.82) is 0 Å². The van der Waals surface area contributed by atoms with Crippen LogP contribution in [0.1, 0.15) is 31.4 Å². The standard InChI is InChI=1S/C15H23N5O/c16-15-14-5-4-12(20(14)18-11-17-15)3-1-2-8-19-9-6-13(21)7-10-19/h4-5,11,13,21H,1-3,6-10H2,(H2,16,17,18).